The molecule has 0 heterocycles. The second-order valence-corrected chi connectivity index (χ2v) is 5.50. The molecule has 0 radical (unpaired) electrons. The van der Waals surface area contributed by atoms with Crippen molar-refractivity contribution >= 4 is 0 Å². The van der Waals surface area contributed by atoms with Crippen LogP contribution in [0.3, 0.4) is 0 Å². The van der Waals surface area contributed by atoms with Crippen LogP contribution < -0.4 is 0 Å². The summed E-state index contributed by atoms with van der Waals surface area (Å²) in [5, 5.41) is 0. The molecule has 0 nitrogen and oxygen atoms in total. The van der Waals surface area contributed by atoms with Gasteiger partial charge in [0.05, 0.1) is 0 Å². The predicted molar refractivity (Wildman–Crippen MR) is 57.7 cm³/mol. The van der Waals surface area contributed by atoms with E-state index in [1.165, 1.54) is 32.1 Å². The molecule has 0 bridgehead atoms. The second kappa shape index (κ2) is 3.00. The zero-order valence-corrected chi connectivity index (χ0v) is 9.53. The van der Waals surface area contributed by atoms with Crippen molar-refractivity contribution in [2.24, 2.45) is 16.7 Å². The molecule has 0 heteroatoms. The minimum atomic E-state index is 0.808. The molecule has 2 rings (SSSR count). The minimum Gasteiger partial charge on any atom is -0.0654 e. The van der Waals surface area contributed by atoms with Crippen molar-refractivity contribution in [2.45, 2.75) is 65.7 Å². The van der Waals surface area contributed by atoms with Crippen LogP contribution in [0.2, 0.25) is 0 Å². The van der Waals surface area contributed by atoms with Crippen molar-refractivity contribution in [2.75, 3.05) is 0 Å². The zero-order valence-electron chi connectivity index (χ0n) is 9.53. The smallest absolute Gasteiger partial charge is 0.0215 e. The Hall–Kier alpha value is 0. The molecule has 76 valence electrons. The van der Waals surface area contributed by atoms with Gasteiger partial charge in [-0.1, -0.05) is 33.6 Å². The van der Waals surface area contributed by atoms with Crippen molar-refractivity contribution in [1.82, 2.24) is 0 Å². The highest BCUT2D eigenvalue weighted by atomic mass is 14.7. The quantitative estimate of drug-likeness (QED) is 0.588. The maximum atomic E-state index is 2.47. The molecule has 2 unspecified atom stereocenters. The predicted octanol–water partition coefficient (Wildman–Crippen LogP) is 4.39. The molecule has 0 spiro atoms. The fraction of sp³-hybridized carbons (Fsp3) is 1.00. The lowest BCUT2D eigenvalue weighted by Gasteiger charge is -2.27. The molecular weight excluding hydrogens is 156 g/mol. The van der Waals surface area contributed by atoms with Crippen molar-refractivity contribution in [3.63, 3.8) is 0 Å². The van der Waals surface area contributed by atoms with Crippen LogP contribution in [0.25, 0.3) is 0 Å². The second-order valence-electron chi connectivity index (χ2n) is 5.50. The van der Waals surface area contributed by atoms with E-state index in [1.54, 1.807) is 12.8 Å². The molecule has 0 aliphatic heterocycles. The van der Waals surface area contributed by atoms with Crippen molar-refractivity contribution in [3.8, 4) is 0 Å². The molecule has 0 aromatic carbocycles. The SMILES string of the molecule is CCCCC1(C2(CC)CC2C)CC1. The van der Waals surface area contributed by atoms with E-state index in [1.807, 2.05) is 0 Å². The molecule has 0 N–H and O–H groups in total. The van der Waals surface area contributed by atoms with Gasteiger partial charge in [0.1, 0.15) is 0 Å². The summed E-state index contributed by atoms with van der Waals surface area (Å²) in [6, 6.07) is 0. The number of rotatable bonds is 5. The normalized spacial score (nSPS) is 40.4. The van der Waals surface area contributed by atoms with Gasteiger partial charge < -0.3 is 0 Å². The van der Waals surface area contributed by atoms with Crippen LogP contribution in [-0.4, -0.2) is 0 Å². The fourth-order valence-electron chi connectivity index (χ4n) is 3.76. The highest BCUT2D eigenvalue weighted by molar-refractivity contribution is 5.16. The van der Waals surface area contributed by atoms with Crippen molar-refractivity contribution in [3.05, 3.63) is 0 Å². The lowest BCUT2D eigenvalue weighted by molar-refractivity contribution is 0.226. The average Bonchev–Trinajstić information content (AvgIpc) is 2.99. The molecule has 0 aromatic rings. The van der Waals surface area contributed by atoms with Gasteiger partial charge in [-0.2, -0.15) is 0 Å². The summed E-state index contributed by atoms with van der Waals surface area (Å²) in [6.07, 6.45) is 10.5. The first kappa shape index (κ1) is 9.55. The summed E-state index contributed by atoms with van der Waals surface area (Å²) in [4.78, 5) is 0. The number of hydrogen-bond acceptors (Lipinski definition) is 0. The van der Waals surface area contributed by atoms with E-state index in [0.717, 1.165) is 16.7 Å². The highest BCUT2D eigenvalue weighted by Gasteiger charge is 2.67. The van der Waals surface area contributed by atoms with Crippen LogP contribution in [0.1, 0.15) is 65.7 Å². The van der Waals surface area contributed by atoms with Crippen LogP contribution in [0, 0.1) is 16.7 Å². The first-order valence-corrected chi connectivity index (χ1v) is 6.21. The van der Waals surface area contributed by atoms with Gasteiger partial charge in [-0.05, 0) is 48.9 Å². The molecule has 0 aromatic heterocycles. The standard InChI is InChI=1S/C13H24/c1-4-6-7-12(8-9-12)13(5-2)10-11(13)3/h11H,4-10H2,1-3H3. The van der Waals surface area contributed by atoms with Crippen molar-refractivity contribution < 1.29 is 0 Å². The van der Waals surface area contributed by atoms with Crippen LogP contribution in [0.4, 0.5) is 0 Å². The van der Waals surface area contributed by atoms with Crippen LogP contribution in [0.5, 0.6) is 0 Å². The molecule has 0 saturated heterocycles. The summed E-state index contributed by atoms with van der Waals surface area (Å²) >= 11 is 0. The number of hydrogen-bond donors (Lipinski definition) is 0. The van der Waals surface area contributed by atoms with E-state index in [0.29, 0.717) is 0 Å². The monoisotopic (exact) mass is 180 g/mol. The van der Waals surface area contributed by atoms with Gasteiger partial charge in [-0.3, -0.25) is 0 Å². The van der Waals surface area contributed by atoms with Crippen molar-refractivity contribution in [1.29, 1.82) is 0 Å². The summed E-state index contributed by atoms with van der Waals surface area (Å²) in [6.45, 7) is 7.20. The lowest BCUT2D eigenvalue weighted by atomic mass is 9.78. The zero-order chi connectivity index (χ0) is 9.53. The Balaban J connectivity index is 1.98. The maximum Gasteiger partial charge on any atom is -0.0215 e. The van der Waals surface area contributed by atoms with E-state index in [9.17, 15) is 0 Å². The van der Waals surface area contributed by atoms with Gasteiger partial charge in [0.25, 0.3) is 0 Å². The fourth-order valence-corrected chi connectivity index (χ4v) is 3.76. The summed E-state index contributed by atoms with van der Waals surface area (Å²) in [7, 11) is 0. The Morgan fingerprint density at radius 1 is 1.23 bits per heavy atom. The molecule has 2 saturated carbocycles. The highest BCUT2D eigenvalue weighted by Crippen LogP contribution is 2.76. The van der Waals surface area contributed by atoms with E-state index < -0.39 is 0 Å². The number of unbranched alkanes of at least 4 members (excludes halogenated alkanes) is 1. The minimum absolute atomic E-state index is 0.808. The topological polar surface area (TPSA) is 0 Å². The maximum absolute atomic E-state index is 2.47. The van der Waals surface area contributed by atoms with Crippen LogP contribution in [-0.2, 0) is 0 Å². The summed E-state index contributed by atoms with van der Waals surface area (Å²) < 4.78 is 0. The third-order valence-corrected chi connectivity index (χ3v) is 5.00. The molecule has 2 fully saturated rings. The van der Waals surface area contributed by atoms with Gasteiger partial charge in [0, 0.05) is 0 Å². The average molecular weight is 180 g/mol. The van der Waals surface area contributed by atoms with E-state index in [4.69, 9.17) is 0 Å². The largest absolute Gasteiger partial charge is 0.0654 e. The summed E-state index contributed by atoms with van der Waals surface area (Å²) in [5.41, 5.74) is 1.64. The Morgan fingerprint density at radius 2 is 1.85 bits per heavy atom. The Kier molecular flexibility index (Phi) is 2.20. The molecule has 2 aliphatic rings. The van der Waals surface area contributed by atoms with Crippen LogP contribution in [0.15, 0.2) is 0 Å². The van der Waals surface area contributed by atoms with Gasteiger partial charge in [-0.25, -0.2) is 0 Å². The Labute approximate surface area is 83.1 Å². The third-order valence-electron chi connectivity index (χ3n) is 5.00. The Bertz CT molecular complexity index is 186. The molecule has 2 atom stereocenters. The molecule has 13 heavy (non-hydrogen) atoms. The van der Waals surface area contributed by atoms with Gasteiger partial charge in [0.15, 0.2) is 0 Å². The molecular formula is C13H24. The molecule has 2 aliphatic carbocycles. The van der Waals surface area contributed by atoms with Gasteiger partial charge >= 0.3 is 0 Å². The van der Waals surface area contributed by atoms with E-state index >= 15 is 0 Å². The van der Waals surface area contributed by atoms with E-state index in [2.05, 4.69) is 20.8 Å². The van der Waals surface area contributed by atoms with Gasteiger partial charge in [0.2, 0.25) is 0 Å². The first-order valence-electron chi connectivity index (χ1n) is 6.21. The Morgan fingerprint density at radius 3 is 2.15 bits per heavy atom. The third kappa shape index (κ3) is 1.25. The molecule has 0 amide bonds. The summed E-state index contributed by atoms with van der Waals surface area (Å²) in [5.74, 6) is 1.04. The van der Waals surface area contributed by atoms with Gasteiger partial charge in [-0.15, -0.1) is 0 Å². The first-order chi connectivity index (χ1) is 6.21. The van der Waals surface area contributed by atoms with E-state index in [-0.39, 0.29) is 0 Å². The van der Waals surface area contributed by atoms with Crippen LogP contribution >= 0.6 is 0 Å². The lowest BCUT2D eigenvalue weighted by Crippen LogP contribution is -2.18.